The predicted molar refractivity (Wildman–Crippen MR) is 54.0 cm³/mol. The standard InChI is InChI=1S/C11H23O.Li/c1-3-5-6-7-8-9-10-11(12)4-2;/h11-12H,2-10H2,1H3;/q-1;+1. The molecule has 0 aliphatic carbocycles. The number of hydrogen-bond acceptors (Lipinski definition) is 1. The second-order valence-electron chi connectivity index (χ2n) is 3.50. The normalized spacial score (nSPS) is 12.2. The summed E-state index contributed by atoms with van der Waals surface area (Å²) in [5, 5.41) is 9.20. The van der Waals surface area contributed by atoms with Crippen molar-refractivity contribution in [2.24, 2.45) is 0 Å². The molecule has 0 amide bonds. The number of aliphatic hydroxyl groups is 1. The van der Waals surface area contributed by atoms with Crippen molar-refractivity contribution in [1.29, 1.82) is 0 Å². The van der Waals surface area contributed by atoms with Crippen molar-refractivity contribution in [3.63, 3.8) is 0 Å². The molecule has 13 heavy (non-hydrogen) atoms. The van der Waals surface area contributed by atoms with Gasteiger partial charge in [-0.15, -0.1) is 0 Å². The third-order valence-electron chi connectivity index (χ3n) is 2.22. The predicted octanol–water partition coefficient (Wildman–Crippen LogP) is 0.326. The van der Waals surface area contributed by atoms with E-state index in [1.54, 1.807) is 0 Å². The molecule has 74 valence electrons. The molecule has 2 heteroatoms. The number of rotatable bonds is 8. The van der Waals surface area contributed by atoms with Crippen LogP contribution < -0.4 is 18.9 Å². The molecule has 0 saturated heterocycles. The summed E-state index contributed by atoms with van der Waals surface area (Å²) in [6.07, 6.45) is 9.24. The zero-order valence-corrected chi connectivity index (χ0v) is 9.39. The number of hydrogen-bond donors (Lipinski definition) is 1. The first-order valence-corrected chi connectivity index (χ1v) is 5.28. The second-order valence-corrected chi connectivity index (χ2v) is 3.50. The summed E-state index contributed by atoms with van der Waals surface area (Å²) in [7, 11) is 0. The van der Waals surface area contributed by atoms with Crippen LogP contribution in [0.15, 0.2) is 0 Å². The first-order chi connectivity index (χ1) is 5.81. The SMILES string of the molecule is [CH2-]CC(O)CCCCCCCC.[Li+]. The summed E-state index contributed by atoms with van der Waals surface area (Å²) in [5.41, 5.74) is 0. The first kappa shape index (κ1) is 16.0. The molecule has 0 radical (unpaired) electrons. The number of aliphatic hydroxyl groups excluding tert-OH is 1. The fourth-order valence-electron chi connectivity index (χ4n) is 1.30. The van der Waals surface area contributed by atoms with Crippen LogP contribution in [0.5, 0.6) is 0 Å². The average Bonchev–Trinajstić information content (AvgIpc) is 2.10. The maximum absolute atomic E-state index is 9.20. The van der Waals surface area contributed by atoms with Crippen molar-refractivity contribution in [2.45, 2.75) is 64.4 Å². The molecule has 0 heterocycles. The van der Waals surface area contributed by atoms with Gasteiger partial charge in [0.05, 0.1) is 0 Å². The van der Waals surface area contributed by atoms with Gasteiger partial charge in [0.25, 0.3) is 0 Å². The molecule has 0 fully saturated rings. The van der Waals surface area contributed by atoms with Gasteiger partial charge in [-0.2, -0.15) is 6.42 Å². The van der Waals surface area contributed by atoms with E-state index in [1.807, 2.05) is 0 Å². The van der Waals surface area contributed by atoms with Gasteiger partial charge in [-0.3, -0.25) is 0 Å². The summed E-state index contributed by atoms with van der Waals surface area (Å²) < 4.78 is 0. The van der Waals surface area contributed by atoms with Crippen LogP contribution in [0.3, 0.4) is 0 Å². The van der Waals surface area contributed by atoms with Crippen LogP contribution >= 0.6 is 0 Å². The Morgan fingerprint density at radius 1 is 1.08 bits per heavy atom. The van der Waals surface area contributed by atoms with Crippen LogP contribution in [0, 0.1) is 6.92 Å². The third-order valence-corrected chi connectivity index (χ3v) is 2.22. The Balaban J connectivity index is 0. The Morgan fingerprint density at radius 2 is 1.62 bits per heavy atom. The van der Waals surface area contributed by atoms with Crippen molar-refractivity contribution in [1.82, 2.24) is 0 Å². The molecule has 1 atom stereocenters. The molecule has 0 saturated carbocycles. The summed E-state index contributed by atoms with van der Waals surface area (Å²) in [6, 6.07) is 0. The van der Waals surface area contributed by atoms with E-state index in [4.69, 9.17) is 0 Å². The molecule has 0 aromatic carbocycles. The Bertz CT molecular complexity index is 86.2. The molecule has 1 N–H and O–H groups in total. The van der Waals surface area contributed by atoms with E-state index < -0.39 is 0 Å². The van der Waals surface area contributed by atoms with Crippen molar-refractivity contribution < 1.29 is 24.0 Å². The van der Waals surface area contributed by atoms with Gasteiger partial charge < -0.3 is 12.0 Å². The zero-order valence-electron chi connectivity index (χ0n) is 9.39. The summed E-state index contributed by atoms with van der Waals surface area (Å²) in [4.78, 5) is 0. The maximum atomic E-state index is 9.20. The Kier molecular flexibility index (Phi) is 15.5. The Hall–Kier alpha value is 0.557. The minimum atomic E-state index is -0.156. The van der Waals surface area contributed by atoms with Crippen LogP contribution in [0.4, 0.5) is 0 Å². The van der Waals surface area contributed by atoms with E-state index in [0.29, 0.717) is 6.42 Å². The number of unbranched alkanes of at least 4 members (excludes halogenated alkanes) is 5. The molecule has 0 aliphatic rings. The molecule has 0 bridgehead atoms. The molecule has 0 spiro atoms. The van der Waals surface area contributed by atoms with Gasteiger partial charge in [-0.25, -0.2) is 0 Å². The van der Waals surface area contributed by atoms with E-state index >= 15 is 0 Å². The Labute approximate surface area is 95.5 Å². The van der Waals surface area contributed by atoms with E-state index in [2.05, 4.69) is 13.8 Å². The molecule has 0 rings (SSSR count). The van der Waals surface area contributed by atoms with Gasteiger partial charge in [0.1, 0.15) is 0 Å². The largest absolute Gasteiger partial charge is 1.00 e. The van der Waals surface area contributed by atoms with Crippen LogP contribution in [0.1, 0.15) is 58.3 Å². The molecule has 0 aromatic heterocycles. The van der Waals surface area contributed by atoms with Gasteiger partial charge in [0.2, 0.25) is 0 Å². The van der Waals surface area contributed by atoms with Crippen molar-refractivity contribution in [3.8, 4) is 0 Å². The quantitative estimate of drug-likeness (QED) is 0.322. The van der Waals surface area contributed by atoms with Crippen LogP contribution in [-0.4, -0.2) is 11.2 Å². The molecule has 0 aliphatic heterocycles. The fraction of sp³-hybridized carbons (Fsp3) is 0.909. The van der Waals surface area contributed by atoms with E-state index in [1.165, 1.54) is 38.5 Å². The molecule has 1 unspecified atom stereocenters. The van der Waals surface area contributed by atoms with Crippen LogP contribution in [0.25, 0.3) is 0 Å². The van der Waals surface area contributed by atoms with Gasteiger partial charge in [-0.05, 0) is 6.42 Å². The summed E-state index contributed by atoms with van der Waals surface area (Å²) in [5.74, 6) is 0. The van der Waals surface area contributed by atoms with E-state index in [-0.39, 0.29) is 25.0 Å². The van der Waals surface area contributed by atoms with Gasteiger partial charge in [0, 0.05) is 6.10 Å². The Morgan fingerprint density at radius 3 is 2.15 bits per heavy atom. The van der Waals surface area contributed by atoms with E-state index in [0.717, 1.165) is 6.42 Å². The van der Waals surface area contributed by atoms with Crippen molar-refractivity contribution in [3.05, 3.63) is 6.92 Å². The summed E-state index contributed by atoms with van der Waals surface area (Å²) >= 11 is 0. The van der Waals surface area contributed by atoms with Gasteiger partial charge in [-0.1, -0.05) is 45.4 Å². The first-order valence-electron chi connectivity index (χ1n) is 5.28. The van der Waals surface area contributed by atoms with Gasteiger partial charge in [0.15, 0.2) is 0 Å². The summed E-state index contributed by atoms with van der Waals surface area (Å²) in [6.45, 7) is 5.89. The minimum absolute atomic E-state index is 0. The fourth-order valence-corrected chi connectivity index (χ4v) is 1.30. The maximum Gasteiger partial charge on any atom is 1.00 e. The smallest absolute Gasteiger partial charge is 0.396 e. The average molecular weight is 178 g/mol. The van der Waals surface area contributed by atoms with Crippen molar-refractivity contribution >= 4 is 0 Å². The third kappa shape index (κ3) is 12.6. The molecular weight excluding hydrogens is 155 g/mol. The van der Waals surface area contributed by atoms with Gasteiger partial charge >= 0.3 is 18.9 Å². The van der Waals surface area contributed by atoms with Crippen LogP contribution in [-0.2, 0) is 0 Å². The molecular formula is C11H23LiO. The van der Waals surface area contributed by atoms with Crippen LogP contribution in [0.2, 0.25) is 0 Å². The minimum Gasteiger partial charge on any atom is -0.396 e. The molecule has 1 nitrogen and oxygen atoms in total. The molecule has 0 aromatic rings. The van der Waals surface area contributed by atoms with Crippen molar-refractivity contribution in [2.75, 3.05) is 0 Å². The van der Waals surface area contributed by atoms with E-state index in [9.17, 15) is 5.11 Å². The topological polar surface area (TPSA) is 20.2 Å². The monoisotopic (exact) mass is 178 g/mol. The zero-order chi connectivity index (χ0) is 9.23. The second kappa shape index (κ2) is 12.6.